The van der Waals surface area contributed by atoms with Gasteiger partial charge in [0.2, 0.25) is 0 Å². The first kappa shape index (κ1) is 9.57. The van der Waals surface area contributed by atoms with Gasteiger partial charge in [-0.3, -0.25) is 9.36 Å². The van der Waals surface area contributed by atoms with E-state index in [1.807, 2.05) is 0 Å². The highest BCUT2D eigenvalue weighted by atomic mass is 16.2. The van der Waals surface area contributed by atoms with Crippen molar-refractivity contribution in [2.75, 3.05) is 5.84 Å². The molecule has 0 aliphatic carbocycles. The Kier molecular flexibility index (Phi) is 2.27. The molecule has 0 radical (unpaired) electrons. The van der Waals surface area contributed by atoms with Gasteiger partial charge in [0.05, 0.1) is 0 Å². The molecule has 5 heteroatoms. The largest absolute Gasteiger partial charge is 0.349 e. The maximum atomic E-state index is 11.5. The van der Waals surface area contributed by atoms with E-state index >= 15 is 0 Å². The Morgan fingerprint density at radius 1 is 1.38 bits per heavy atom. The number of hydrogen-bond acceptors (Lipinski definition) is 3. The van der Waals surface area contributed by atoms with Crippen LogP contribution in [0.1, 0.15) is 25.6 Å². The lowest BCUT2D eigenvalue weighted by atomic mass is 10.3. The second-order valence-corrected chi connectivity index (χ2v) is 3.24. The smallest absolute Gasteiger partial charge is 0.335 e. The van der Waals surface area contributed by atoms with Gasteiger partial charge >= 0.3 is 5.69 Å². The minimum atomic E-state index is -0.472. The maximum absolute atomic E-state index is 11.5. The standard InChI is InChI=1S/C8H13N3O2/c1-5(2)10-7(12)4-6(3)11(9)8(10)13/h4-5H,9H2,1-3H3. The molecule has 5 nitrogen and oxygen atoms in total. The summed E-state index contributed by atoms with van der Waals surface area (Å²) >= 11 is 0. The van der Waals surface area contributed by atoms with Gasteiger partial charge in [-0.15, -0.1) is 0 Å². The van der Waals surface area contributed by atoms with E-state index in [1.165, 1.54) is 6.07 Å². The van der Waals surface area contributed by atoms with E-state index in [2.05, 4.69) is 0 Å². The first-order valence-electron chi connectivity index (χ1n) is 4.05. The van der Waals surface area contributed by atoms with Gasteiger partial charge in [0.15, 0.2) is 0 Å². The van der Waals surface area contributed by atoms with Crippen molar-refractivity contribution in [3.63, 3.8) is 0 Å². The minimum Gasteiger partial charge on any atom is -0.335 e. The summed E-state index contributed by atoms with van der Waals surface area (Å²) in [6.45, 7) is 5.14. The summed E-state index contributed by atoms with van der Waals surface area (Å²) in [5, 5.41) is 0. The molecule has 72 valence electrons. The zero-order valence-corrected chi connectivity index (χ0v) is 7.94. The zero-order valence-electron chi connectivity index (χ0n) is 7.94. The predicted molar refractivity (Wildman–Crippen MR) is 50.2 cm³/mol. The van der Waals surface area contributed by atoms with Crippen molar-refractivity contribution < 1.29 is 0 Å². The van der Waals surface area contributed by atoms with Crippen LogP contribution in [-0.4, -0.2) is 9.24 Å². The fraction of sp³-hybridized carbons (Fsp3) is 0.500. The molecule has 0 atom stereocenters. The van der Waals surface area contributed by atoms with Gasteiger partial charge in [-0.05, 0) is 20.8 Å². The molecule has 0 aliphatic rings. The third-order valence-corrected chi connectivity index (χ3v) is 1.88. The normalized spacial score (nSPS) is 10.8. The van der Waals surface area contributed by atoms with E-state index in [-0.39, 0.29) is 11.6 Å². The molecule has 0 unspecified atom stereocenters. The highest BCUT2D eigenvalue weighted by Crippen LogP contribution is 1.94. The Bertz CT molecular complexity index is 428. The van der Waals surface area contributed by atoms with Gasteiger partial charge in [-0.25, -0.2) is 9.47 Å². The fourth-order valence-corrected chi connectivity index (χ4v) is 1.15. The van der Waals surface area contributed by atoms with Gasteiger partial charge in [-0.2, -0.15) is 0 Å². The van der Waals surface area contributed by atoms with Crippen molar-refractivity contribution in [1.82, 2.24) is 9.24 Å². The van der Waals surface area contributed by atoms with Crippen LogP contribution in [0.2, 0.25) is 0 Å². The second-order valence-electron chi connectivity index (χ2n) is 3.24. The number of nitrogen functional groups attached to an aromatic ring is 1. The topological polar surface area (TPSA) is 70.0 Å². The van der Waals surface area contributed by atoms with Crippen LogP contribution in [0.3, 0.4) is 0 Å². The molecule has 2 N–H and O–H groups in total. The summed E-state index contributed by atoms with van der Waals surface area (Å²) in [4.78, 5) is 22.8. The number of nitrogens with two attached hydrogens (primary N) is 1. The molecule has 0 aromatic carbocycles. The van der Waals surface area contributed by atoms with Gasteiger partial charge in [0, 0.05) is 17.8 Å². The quantitative estimate of drug-likeness (QED) is 0.603. The number of aromatic nitrogens is 2. The lowest BCUT2D eigenvalue weighted by molar-refractivity contribution is 0.524. The Morgan fingerprint density at radius 2 is 1.92 bits per heavy atom. The van der Waals surface area contributed by atoms with Crippen LogP contribution in [0.4, 0.5) is 0 Å². The van der Waals surface area contributed by atoms with Crippen molar-refractivity contribution in [3.8, 4) is 0 Å². The van der Waals surface area contributed by atoms with Crippen molar-refractivity contribution in [2.45, 2.75) is 26.8 Å². The fourth-order valence-electron chi connectivity index (χ4n) is 1.15. The number of rotatable bonds is 1. The van der Waals surface area contributed by atoms with Crippen molar-refractivity contribution >= 4 is 0 Å². The Balaban J connectivity index is 3.64. The molecule has 0 saturated carbocycles. The van der Waals surface area contributed by atoms with E-state index in [0.717, 1.165) is 9.24 Å². The molecule has 0 saturated heterocycles. The van der Waals surface area contributed by atoms with Gasteiger partial charge in [0.1, 0.15) is 0 Å². The van der Waals surface area contributed by atoms with Crippen LogP contribution < -0.4 is 17.1 Å². The molecular formula is C8H13N3O2. The molecule has 13 heavy (non-hydrogen) atoms. The van der Waals surface area contributed by atoms with Crippen molar-refractivity contribution in [1.29, 1.82) is 0 Å². The van der Waals surface area contributed by atoms with Crippen molar-refractivity contribution in [2.24, 2.45) is 0 Å². The van der Waals surface area contributed by atoms with Crippen LogP contribution in [0.5, 0.6) is 0 Å². The molecule has 0 bridgehead atoms. The van der Waals surface area contributed by atoms with Crippen LogP contribution in [0.15, 0.2) is 15.7 Å². The molecule has 1 aromatic heterocycles. The molecule has 0 fully saturated rings. The monoisotopic (exact) mass is 183 g/mol. The third-order valence-electron chi connectivity index (χ3n) is 1.88. The van der Waals surface area contributed by atoms with Gasteiger partial charge in [0.25, 0.3) is 5.56 Å². The van der Waals surface area contributed by atoms with Gasteiger partial charge < -0.3 is 5.84 Å². The molecule has 0 aliphatic heterocycles. The van der Waals surface area contributed by atoms with Crippen LogP contribution >= 0.6 is 0 Å². The molecule has 0 amide bonds. The predicted octanol–water partition coefficient (Wildman–Crippen LogP) is -0.387. The third kappa shape index (κ3) is 1.49. The van der Waals surface area contributed by atoms with E-state index in [4.69, 9.17) is 5.84 Å². The molecule has 1 aromatic rings. The van der Waals surface area contributed by atoms with Crippen LogP contribution in [0, 0.1) is 6.92 Å². The van der Waals surface area contributed by atoms with E-state index in [9.17, 15) is 9.59 Å². The van der Waals surface area contributed by atoms with E-state index < -0.39 is 5.69 Å². The van der Waals surface area contributed by atoms with E-state index in [1.54, 1.807) is 20.8 Å². The lowest BCUT2D eigenvalue weighted by Gasteiger charge is -2.11. The SMILES string of the molecule is Cc1cc(=O)n(C(C)C)c(=O)n1N. The lowest BCUT2D eigenvalue weighted by Crippen LogP contribution is -2.44. The summed E-state index contributed by atoms with van der Waals surface area (Å²) in [5.74, 6) is 5.43. The zero-order chi connectivity index (χ0) is 10.2. The first-order chi connectivity index (χ1) is 5.95. The van der Waals surface area contributed by atoms with Crippen LogP contribution in [0.25, 0.3) is 0 Å². The summed E-state index contributed by atoms with van der Waals surface area (Å²) in [5.41, 5.74) is -0.314. The Hall–Kier alpha value is -1.52. The first-order valence-corrected chi connectivity index (χ1v) is 4.05. The minimum absolute atomic E-state index is 0.171. The average Bonchev–Trinajstić information content (AvgIpc) is 1.99. The summed E-state index contributed by atoms with van der Waals surface area (Å²) in [7, 11) is 0. The summed E-state index contributed by atoms with van der Waals surface area (Å²) in [6, 6.07) is 1.18. The number of hydrogen-bond donors (Lipinski definition) is 1. The maximum Gasteiger partial charge on any atom is 0.349 e. The second kappa shape index (κ2) is 3.08. The Morgan fingerprint density at radius 3 is 2.38 bits per heavy atom. The average molecular weight is 183 g/mol. The Labute approximate surface area is 75.4 Å². The van der Waals surface area contributed by atoms with E-state index in [0.29, 0.717) is 5.69 Å². The molecule has 1 heterocycles. The van der Waals surface area contributed by atoms with Gasteiger partial charge in [-0.1, -0.05) is 0 Å². The molecular weight excluding hydrogens is 170 g/mol. The summed E-state index contributed by atoms with van der Waals surface area (Å²) < 4.78 is 2.09. The highest BCUT2D eigenvalue weighted by molar-refractivity contribution is 5.00. The molecule has 0 spiro atoms. The summed E-state index contributed by atoms with van der Waals surface area (Å²) in [6.07, 6.45) is 0. The molecule has 1 rings (SSSR count). The highest BCUT2D eigenvalue weighted by Gasteiger charge is 2.08. The number of aryl methyl sites for hydroxylation is 1. The van der Waals surface area contributed by atoms with Crippen LogP contribution in [-0.2, 0) is 0 Å². The van der Waals surface area contributed by atoms with Crippen molar-refractivity contribution in [3.05, 3.63) is 32.6 Å². The number of nitrogens with zero attached hydrogens (tertiary/aromatic N) is 2.